The van der Waals surface area contributed by atoms with E-state index in [-0.39, 0.29) is 12.1 Å². The van der Waals surface area contributed by atoms with Gasteiger partial charge in [0.25, 0.3) is 0 Å². The van der Waals surface area contributed by atoms with Crippen LogP contribution < -0.4 is 5.32 Å². The summed E-state index contributed by atoms with van der Waals surface area (Å²) in [7, 11) is 1.74. The first-order chi connectivity index (χ1) is 12.6. The molecule has 4 bridgehead atoms. The number of ether oxygens (including phenoxy) is 2. The van der Waals surface area contributed by atoms with Gasteiger partial charge in [0.05, 0.1) is 25.1 Å². The van der Waals surface area contributed by atoms with Crippen LogP contribution in [0.4, 0.5) is 0 Å². The molecule has 4 aliphatic carbocycles. The fourth-order valence-electron chi connectivity index (χ4n) is 6.73. The molecule has 0 amide bonds. The van der Waals surface area contributed by atoms with Crippen molar-refractivity contribution in [3.05, 3.63) is 11.9 Å². The standard InChI is InChI=1S/C20H32N4O2/c1-13(20-6-14-3-15(7-20)5-16(4-14)8-20)21-9-17-10-24(23-22-17)18-11-26-12-19(18)25-2/h10,13-16,18-19,21H,3-9,11-12H2,1-2H3/t13?,14?,15?,16?,18-,19-,20?/m1/s1. The van der Waals surface area contributed by atoms with Gasteiger partial charge in [-0.05, 0) is 68.6 Å². The molecular formula is C20H32N4O2. The van der Waals surface area contributed by atoms with Crippen LogP contribution >= 0.6 is 0 Å². The molecular weight excluding hydrogens is 328 g/mol. The van der Waals surface area contributed by atoms with E-state index in [0.717, 1.165) is 30.0 Å². The van der Waals surface area contributed by atoms with Gasteiger partial charge in [0.1, 0.15) is 12.1 Å². The Morgan fingerprint density at radius 3 is 2.58 bits per heavy atom. The highest BCUT2D eigenvalue weighted by Gasteiger charge is 2.52. The highest BCUT2D eigenvalue weighted by molar-refractivity contribution is 5.06. The molecule has 6 rings (SSSR count). The summed E-state index contributed by atoms with van der Waals surface area (Å²) in [5, 5.41) is 12.5. The van der Waals surface area contributed by atoms with Crippen molar-refractivity contribution >= 4 is 0 Å². The Morgan fingerprint density at radius 1 is 1.23 bits per heavy atom. The van der Waals surface area contributed by atoms with Crippen molar-refractivity contribution in [2.24, 2.45) is 23.2 Å². The lowest BCUT2D eigenvalue weighted by atomic mass is 9.48. The molecule has 1 unspecified atom stereocenters. The first-order valence-corrected chi connectivity index (χ1v) is 10.4. The van der Waals surface area contributed by atoms with Gasteiger partial charge in [-0.15, -0.1) is 5.10 Å². The summed E-state index contributed by atoms with van der Waals surface area (Å²) < 4.78 is 12.9. The molecule has 144 valence electrons. The Labute approximate surface area is 156 Å². The van der Waals surface area contributed by atoms with Crippen molar-refractivity contribution in [2.45, 2.75) is 70.2 Å². The van der Waals surface area contributed by atoms with Crippen molar-refractivity contribution in [1.29, 1.82) is 0 Å². The van der Waals surface area contributed by atoms with E-state index in [1.807, 2.05) is 4.68 Å². The maximum atomic E-state index is 5.53. The molecule has 6 nitrogen and oxygen atoms in total. The number of nitrogens with zero attached hydrogens (tertiary/aromatic N) is 3. The lowest BCUT2D eigenvalue weighted by Crippen LogP contribution is -2.54. The maximum Gasteiger partial charge on any atom is 0.105 e. The third-order valence-electron chi connectivity index (χ3n) is 7.79. The zero-order valence-corrected chi connectivity index (χ0v) is 16.1. The van der Waals surface area contributed by atoms with E-state index in [4.69, 9.17) is 9.47 Å². The van der Waals surface area contributed by atoms with E-state index in [0.29, 0.717) is 24.7 Å². The second-order valence-electron chi connectivity index (χ2n) is 9.45. The van der Waals surface area contributed by atoms with Crippen LogP contribution in [0.1, 0.15) is 57.2 Å². The van der Waals surface area contributed by atoms with Crippen LogP contribution in [-0.4, -0.2) is 47.5 Å². The Hall–Kier alpha value is -0.980. The van der Waals surface area contributed by atoms with Crippen molar-refractivity contribution in [1.82, 2.24) is 20.3 Å². The Bertz CT molecular complexity index is 610. The second kappa shape index (κ2) is 6.57. The smallest absolute Gasteiger partial charge is 0.105 e. The maximum absolute atomic E-state index is 5.53. The number of hydrogen-bond acceptors (Lipinski definition) is 5. The minimum atomic E-state index is 0.0726. The van der Waals surface area contributed by atoms with Gasteiger partial charge < -0.3 is 14.8 Å². The van der Waals surface area contributed by atoms with Gasteiger partial charge in [0, 0.05) is 19.7 Å². The molecule has 2 heterocycles. The van der Waals surface area contributed by atoms with Crippen LogP contribution in [0, 0.1) is 23.2 Å². The number of methoxy groups -OCH3 is 1. The topological polar surface area (TPSA) is 61.2 Å². The van der Waals surface area contributed by atoms with Gasteiger partial charge in [0.15, 0.2) is 0 Å². The normalized spacial score (nSPS) is 42.5. The van der Waals surface area contributed by atoms with Crippen LogP contribution in [-0.2, 0) is 16.0 Å². The van der Waals surface area contributed by atoms with Gasteiger partial charge in [0.2, 0.25) is 0 Å². The predicted octanol–water partition coefficient (Wildman–Crippen LogP) is 2.56. The summed E-state index contributed by atoms with van der Waals surface area (Å²) in [6, 6.07) is 0.699. The van der Waals surface area contributed by atoms with Gasteiger partial charge in [-0.3, -0.25) is 0 Å². The number of rotatable bonds is 6. The number of nitrogens with one attached hydrogen (secondary N) is 1. The van der Waals surface area contributed by atoms with Gasteiger partial charge in [-0.25, -0.2) is 4.68 Å². The lowest BCUT2D eigenvalue weighted by molar-refractivity contribution is -0.0707. The molecule has 3 atom stereocenters. The van der Waals surface area contributed by atoms with Crippen molar-refractivity contribution in [2.75, 3.05) is 20.3 Å². The Morgan fingerprint density at radius 2 is 1.92 bits per heavy atom. The van der Waals surface area contributed by atoms with E-state index in [9.17, 15) is 0 Å². The number of aromatic nitrogens is 3. The van der Waals surface area contributed by atoms with E-state index in [1.54, 1.807) is 7.11 Å². The number of hydrogen-bond donors (Lipinski definition) is 1. The molecule has 0 radical (unpaired) electrons. The van der Waals surface area contributed by atoms with Gasteiger partial charge in [-0.2, -0.15) is 0 Å². The van der Waals surface area contributed by atoms with Crippen LogP contribution in [0.2, 0.25) is 0 Å². The summed E-state index contributed by atoms with van der Waals surface area (Å²) in [6.07, 6.45) is 11.0. The molecule has 1 aromatic rings. The minimum Gasteiger partial charge on any atom is -0.377 e. The fourth-order valence-corrected chi connectivity index (χ4v) is 6.73. The van der Waals surface area contributed by atoms with Gasteiger partial charge in [-0.1, -0.05) is 5.21 Å². The summed E-state index contributed by atoms with van der Waals surface area (Å²) in [5.74, 6) is 3.00. The molecule has 26 heavy (non-hydrogen) atoms. The van der Waals surface area contributed by atoms with Gasteiger partial charge >= 0.3 is 0 Å². The van der Waals surface area contributed by atoms with E-state index in [2.05, 4.69) is 28.7 Å². The highest BCUT2D eigenvalue weighted by atomic mass is 16.5. The largest absolute Gasteiger partial charge is 0.377 e. The van der Waals surface area contributed by atoms with Crippen LogP contribution in [0.15, 0.2) is 6.20 Å². The first kappa shape index (κ1) is 17.1. The molecule has 0 spiro atoms. The third kappa shape index (κ3) is 2.90. The molecule has 4 saturated carbocycles. The van der Waals surface area contributed by atoms with Crippen LogP contribution in [0.25, 0.3) is 0 Å². The molecule has 0 aromatic carbocycles. The van der Waals surface area contributed by atoms with Crippen molar-refractivity contribution in [3.8, 4) is 0 Å². The summed E-state index contributed by atoms with van der Waals surface area (Å²) in [5.41, 5.74) is 1.55. The second-order valence-corrected chi connectivity index (χ2v) is 9.45. The fraction of sp³-hybridized carbons (Fsp3) is 0.900. The summed E-state index contributed by atoms with van der Waals surface area (Å²) in [4.78, 5) is 0. The SMILES string of the molecule is CO[C@@H]1COC[C@H]1n1cc(CNC(C)C23CC4CC(CC(C4)C2)C3)nn1. The molecule has 5 fully saturated rings. The third-order valence-corrected chi connectivity index (χ3v) is 7.79. The molecule has 1 aromatic heterocycles. The van der Waals surface area contributed by atoms with E-state index >= 15 is 0 Å². The van der Waals surface area contributed by atoms with E-state index in [1.165, 1.54) is 38.5 Å². The summed E-state index contributed by atoms with van der Waals surface area (Å²) >= 11 is 0. The van der Waals surface area contributed by atoms with Crippen molar-refractivity contribution in [3.63, 3.8) is 0 Å². The average Bonchev–Trinajstić information content (AvgIpc) is 3.27. The highest BCUT2D eigenvalue weighted by Crippen LogP contribution is 2.61. The molecule has 1 aliphatic heterocycles. The Balaban J connectivity index is 1.22. The summed E-state index contributed by atoms with van der Waals surface area (Å²) in [6.45, 7) is 4.49. The van der Waals surface area contributed by atoms with E-state index < -0.39 is 0 Å². The zero-order chi connectivity index (χ0) is 17.7. The quantitative estimate of drug-likeness (QED) is 0.845. The van der Waals surface area contributed by atoms with Crippen LogP contribution in [0.5, 0.6) is 0 Å². The molecule has 5 aliphatic rings. The molecule has 1 N–H and O–H groups in total. The first-order valence-electron chi connectivity index (χ1n) is 10.4. The van der Waals surface area contributed by atoms with Crippen molar-refractivity contribution < 1.29 is 9.47 Å². The zero-order valence-electron chi connectivity index (χ0n) is 16.1. The minimum absolute atomic E-state index is 0.0726. The monoisotopic (exact) mass is 360 g/mol. The lowest BCUT2D eigenvalue weighted by Gasteiger charge is -2.59. The Kier molecular flexibility index (Phi) is 4.33. The average molecular weight is 361 g/mol. The predicted molar refractivity (Wildman–Crippen MR) is 97.6 cm³/mol. The molecule has 6 heteroatoms. The van der Waals surface area contributed by atoms with Crippen LogP contribution in [0.3, 0.4) is 0 Å². The molecule has 1 saturated heterocycles.